The zero-order valence-electron chi connectivity index (χ0n) is 35.9. The van der Waals surface area contributed by atoms with Gasteiger partial charge in [-0.25, -0.2) is 92.8 Å². The van der Waals surface area contributed by atoms with E-state index >= 15 is 35.1 Å². The number of Topliss-reactive ketones (excluding diaryl/α,β-unsaturated/α-hetero) is 1. The van der Waals surface area contributed by atoms with Crippen LogP contribution in [0.4, 0.5) is 87.8 Å². The van der Waals surface area contributed by atoms with Gasteiger partial charge < -0.3 is 4.74 Å². The van der Waals surface area contributed by atoms with Crippen molar-refractivity contribution in [1.29, 1.82) is 0 Å². The van der Waals surface area contributed by atoms with E-state index in [2.05, 4.69) is 29.2 Å². The molecule has 1 aliphatic rings. The highest BCUT2D eigenvalue weighted by molar-refractivity contribution is 7.20. The Morgan fingerprint density at radius 3 is 1.05 bits per heavy atom. The molecule has 380 valence electrons. The number of nitrogens with zero attached hydrogens (tertiary/aromatic N) is 2. The molecule has 0 saturated carbocycles. The number of benzene rings is 7. The number of hydrogen-bond acceptors (Lipinski definition) is 3. The molecule has 0 N–H and O–H groups in total. The summed E-state index contributed by atoms with van der Waals surface area (Å²) in [6.07, 6.45) is -2.33. The first-order valence-corrected chi connectivity index (χ1v) is 20.5. The number of hydrogen-bond donors (Lipinski definition) is 0. The SMILES string of the molecule is Fc1c(F)c(F)c([B-](c2c(F)c(F)c(F)c(F)c2F)(c2c(F)c(F)c(F)c(F)c2F)c2c(F)c(F)c(F)c(F)c2F)c(F)c1F.O=C(C[n+]1ccncc1OC1c2ccccc2-c2ccccc21)c1ccccc1. The summed E-state index contributed by atoms with van der Waals surface area (Å²) in [7, 11) is 0. The molecule has 0 radical (unpaired) electrons. The van der Waals surface area contributed by atoms with Crippen LogP contribution in [0.15, 0.2) is 97.5 Å². The van der Waals surface area contributed by atoms with E-state index in [1.807, 2.05) is 59.2 Å². The van der Waals surface area contributed by atoms with Crippen molar-refractivity contribution in [2.24, 2.45) is 0 Å². The maximum atomic E-state index is 15.4. The van der Waals surface area contributed by atoms with Gasteiger partial charge >= 0.3 is 5.88 Å². The standard InChI is InChI=1S/C25H19N2O2.C24BF20/c28-23(18-8-2-1-3-9-18)17-27-15-14-26-16-24(27)29-25-21-12-6-4-10-19(21)20-11-5-7-13-22(20)25;26-5-1(6(27)14(35)21(42)13(5)34)25(2-7(28)15(36)22(43)16(37)8(2)29,3-9(30)17(38)23(44)18(39)10(3)31)4-11(32)19(40)24(45)20(41)12(4)33/h1-16,25H,17H2;/q+1;-1. The molecule has 25 heteroatoms. The van der Waals surface area contributed by atoms with Crippen LogP contribution in [0.25, 0.3) is 11.1 Å². The predicted molar refractivity (Wildman–Crippen MR) is 219 cm³/mol. The maximum Gasteiger partial charge on any atom is 0.388 e. The van der Waals surface area contributed by atoms with Crippen molar-refractivity contribution in [3.8, 4) is 17.0 Å². The summed E-state index contributed by atoms with van der Waals surface area (Å²) in [6.45, 7) is 0.192. The van der Waals surface area contributed by atoms with Gasteiger partial charge in [0.2, 0.25) is 12.3 Å². The van der Waals surface area contributed by atoms with Gasteiger partial charge in [0.25, 0.3) is 0 Å². The van der Waals surface area contributed by atoms with E-state index in [0.29, 0.717) is 11.4 Å². The smallest absolute Gasteiger partial charge is 0.388 e. The molecule has 7 aromatic carbocycles. The van der Waals surface area contributed by atoms with Crippen molar-refractivity contribution in [1.82, 2.24) is 4.98 Å². The Bertz CT molecular complexity index is 3190. The zero-order chi connectivity index (χ0) is 54.0. The Labute approximate surface area is 400 Å². The summed E-state index contributed by atoms with van der Waals surface area (Å²) in [5.74, 6) is -70.8. The number of fused-ring (bicyclic) bond motifs is 3. The van der Waals surface area contributed by atoms with Gasteiger partial charge in [0, 0.05) is 16.7 Å². The molecular weight excluding hydrogens is 1040 g/mol. The van der Waals surface area contributed by atoms with Gasteiger partial charge in [0.15, 0.2) is 82.1 Å². The van der Waals surface area contributed by atoms with Crippen LogP contribution in [-0.2, 0) is 6.54 Å². The first kappa shape index (κ1) is 52.1. The first-order valence-electron chi connectivity index (χ1n) is 20.5. The molecule has 0 saturated heterocycles. The number of rotatable bonds is 9. The highest BCUT2D eigenvalue weighted by Gasteiger charge is 2.52. The van der Waals surface area contributed by atoms with Gasteiger partial charge in [-0.2, -0.15) is 4.57 Å². The van der Waals surface area contributed by atoms with Crippen LogP contribution in [0.2, 0.25) is 0 Å². The molecule has 74 heavy (non-hydrogen) atoms. The first-order chi connectivity index (χ1) is 35.0. The molecule has 0 aliphatic heterocycles. The number of aromatic nitrogens is 2. The quantitative estimate of drug-likeness (QED) is 0.0361. The van der Waals surface area contributed by atoms with E-state index in [-0.39, 0.29) is 18.4 Å². The van der Waals surface area contributed by atoms with Gasteiger partial charge in [0.05, 0.1) is 6.20 Å². The molecule has 9 rings (SSSR count). The highest BCUT2D eigenvalue weighted by atomic mass is 19.2. The Morgan fingerprint density at radius 1 is 0.419 bits per heavy atom. The second kappa shape index (κ2) is 19.6. The van der Waals surface area contributed by atoms with Gasteiger partial charge in [-0.15, -0.1) is 21.9 Å². The van der Waals surface area contributed by atoms with Crippen LogP contribution in [0.5, 0.6) is 5.88 Å². The minimum Gasteiger partial charge on any atom is -0.430 e. The lowest BCUT2D eigenvalue weighted by Gasteiger charge is -2.44. The normalized spacial score (nSPS) is 12.1. The van der Waals surface area contributed by atoms with Crippen molar-refractivity contribution in [3.63, 3.8) is 0 Å². The summed E-state index contributed by atoms with van der Waals surface area (Å²) in [5.41, 5.74) is -9.03. The molecule has 0 amide bonds. The third-order valence-electron chi connectivity index (χ3n) is 11.9. The number of ether oxygens (including phenoxy) is 1. The minimum absolute atomic E-state index is 0.0267. The second-order valence-electron chi connectivity index (χ2n) is 15.8. The molecular formula is C49H19BF20N2O2. The van der Waals surface area contributed by atoms with Crippen molar-refractivity contribution < 1.29 is 102 Å². The molecule has 0 unspecified atom stereocenters. The van der Waals surface area contributed by atoms with Crippen LogP contribution in [0.1, 0.15) is 27.6 Å². The summed E-state index contributed by atoms with van der Waals surface area (Å²) >= 11 is 0. The Hall–Kier alpha value is -8.25. The topological polar surface area (TPSA) is 43.1 Å². The molecule has 0 fully saturated rings. The Kier molecular flexibility index (Phi) is 13.8. The molecule has 8 aromatic rings. The monoisotopic (exact) mass is 1060 g/mol. The molecule has 1 aliphatic carbocycles. The van der Waals surface area contributed by atoms with Crippen LogP contribution >= 0.6 is 0 Å². The van der Waals surface area contributed by atoms with E-state index in [4.69, 9.17) is 4.74 Å². The average molecular weight is 1060 g/mol. The van der Waals surface area contributed by atoms with Crippen molar-refractivity contribution in [3.05, 3.63) is 230 Å². The van der Waals surface area contributed by atoms with E-state index in [9.17, 15) is 57.5 Å². The molecule has 4 nitrogen and oxygen atoms in total. The van der Waals surface area contributed by atoms with E-state index < -0.39 is 144 Å². The lowest BCUT2D eigenvalue weighted by Crippen LogP contribution is -2.81. The fraction of sp³-hybridized carbons (Fsp3) is 0.0408. The summed E-state index contributed by atoms with van der Waals surface area (Å²) < 4.78 is 302. The second-order valence-corrected chi connectivity index (χ2v) is 15.8. The van der Waals surface area contributed by atoms with Crippen molar-refractivity contribution >= 4 is 33.8 Å². The zero-order valence-corrected chi connectivity index (χ0v) is 35.9. The van der Waals surface area contributed by atoms with Crippen molar-refractivity contribution in [2.45, 2.75) is 12.6 Å². The molecule has 1 aromatic heterocycles. The van der Waals surface area contributed by atoms with Crippen LogP contribution in [-0.4, -0.2) is 16.9 Å². The molecule has 0 bridgehead atoms. The molecule has 1 heterocycles. The lowest BCUT2D eigenvalue weighted by molar-refractivity contribution is -0.689. The third-order valence-corrected chi connectivity index (χ3v) is 11.9. The van der Waals surface area contributed by atoms with Crippen molar-refractivity contribution in [2.75, 3.05) is 0 Å². The van der Waals surface area contributed by atoms with Crippen LogP contribution in [0.3, 0.4) is 0 Å². The van der Waals surface area contributed by atoms with Crippen LogP contribution < -0.4 is 31.2 Å². The lowest BCUT2D eigenvalue weighted by atomic mass is 9.12. The Morgan fingerprint density at radius 2 is 0.716 bits per heavy atom. The number of halogens is 20. The number of carbonyl (C=O) groups excluding carboxylic acids is 1. The van der Waals surface area contributed by atoms with E-state index in [1.165, 1.54) is 11.1 Å². The number of ketones is 1. The average Bonchev–Trinajstić information content (AvgIpc) is 3.72. The number of carbonyl (C=O) groups is 1. The van der Waals surface area contributed by atoms with E-state index in [0.717, 1.165) is 11.1 Å². The Balaban J connectivity index is 0.000000215. The maximum absolute atomic E-state index is 15.4. The molecule has 0 atom stereocenters. The van der Waals surface area contributed by atoms with E-state index in [1.54, 1.807) is 18.6 Å². The summed E-state index contributed by atoms with van der Waals surface area (Å²) in [4.78, 5) is 16.9. The largest absolute Gasteiger partial charge is 0.430 e. The molecule has 0 spiro atoms. The fourth-order valence-electron chi connectivity index (χ4n) is 8.70. The van der Waals surface area contributed by atoms with Crippen LogP contribution in [0, 0.1) is 116 Å². The summed E-state index contributed by atoms with van der Waals surface area (Å²) in [6, 6.07) is 25.9. The van der Waals surface area contributed by atoms with Gasteiger partial charge in [0.1, 0.15) is 58.9 Å². The third kappa shape index (κ3) is 8.04. The van der Waals surface area contributed by atoms with Gasteiger partial charge in [-0.3, -0.25) is 4.79 Å². The van der Waals surface area contributed by atoms with Gasteiger partial charge in [-0.05, 0) is 11.1 Å². The highest BCUT2D eigenvalue weighted by Crippen LogP contribution is 2.45. The minimum atomic E-state index is -7.22. The fourth-order valence-corrected chi connectivity index (χ4v) is 8.70. The van der Waals surface area contributed by atoms with Gasteiger partial charge in [-0.1, -0.05) is 78.9 Å². The predicted octanol–water partition coefficient (Wildman–Crippen LogP) is 10.2. The summed E-state index contributed by atoms with van der Waals surface area (Å²) in [5, 5.41) is 0.